The predicted molar refractivity (Wildman–Crippen MR) is 70.1 cm³/mol. The van der Waals surface area contributed by atoms with Gasteiger partial charge >= 0.3 is 6.18 Å². The summed E-state index contributed by atoms with van der Waals surface area (Å²) in [5, 5.41) is 6.66. The van der Waals surface area contributed by atoms with E-state index < -0.39 is 17.4 Å². The van der Waals surface area contributed by atoms with Crippen LogP contribution in [-0.2, 0) is 12.7 Å². The third-order valence-electron chi connectivity index (χ3n) is 3.78. The van der Waals surface area contributed by atoms with Gasteiger partial charge in [0.1, 0.15) is 5.65 Å². The Kier molecular flexibility index (Phi) is 3.27. The lowest BCUT2D eigenvalue weighted by Crippen LogP contribution is -2.25. The van der Waals surface area contributed by atoms with Gasteiger partial charge in [0.15, 0.2) is 5.69 Å². The zero-order chi connectivity index (χ0) is 15.2. The minimum Gasteiger partial charge on any atom is -0.328 e. The van der Waals surface area contributed by atoms with Crippen LogP contribution in [0.4, 0.5) is 13.2 Å². The Morgan fingerprint density at radius 3 is 2.76 bits per heavy atom. The second-order valence-electron chi connectivity index (χ2n) is 5.10. The third-order valence-corrected chi connectivity index (χ3v) is 3.78. The standard InChI is InChI=1S/C13H15F3N4O/c1-2-19-9(8-4-3-5-17-8)6-12(21)20-11(19)7-10(18-20)13(14,15)16/h6-8,17H,2-5H2,1H3. The molecule has 1 aliphatic rings. The number of rotatable bonds is 2. The molecule has 1 N–H and O–H groups in total. The molecule has 0 amide bonds. The monoisotopic (exact) mass is 300 g/mol. The van der Waals surface area contributed by atoms with E-state index in [0.29, 0.717) is 6.54 Å². The van der Waals surface area contributed by atoms with Crippen LogP contribution in [0, 0.1) is 0 Å². The summed E-state index contributed by atoms with van der Waals surface area (Å²) in [6, 6.07) is 2.32. The molecule has 114 valence electrons. The second-order valence-corrected chi connectivity index (χ2v) is 5.10. The van der Waals surface area contributed by atoms with E-state index >= 15 is 0 Å². The van der Waals surface area contributed by atoms with Crippen molar-refractivity contribution in [2.24, 2.45) is 0 Å². The minimum atomic E-state index is -4.56. The van der Waals surface area contributed by atoms with Crippen molar-refractivity contribution in [1.29, 1.82) is 0 Å². The van der Waals surface area contributed by atoms with Crippen LogP contribution < -0.4 is 10.9 Å². The molecule has 2 aromatic rings. The second kappa shape index (κ2) is 4.87. The van der Waals surface area contributed by atoms with E-state index in [2.05, 4.69) is 10.4 Å². The van der Waals surface area contributed by atoms with Crippen molar-refractivity contribution in [2.75, 3.05) is 6.54 Å². The number of hydrogen-bond donors (Lipinski definition) is 1. The maximum absolute atomic E-state index is 12.8. The molecule has 0 aliphatic carbocycles. The van der Waals surface area contributed by atoms with Gasteiger partial charge in [-0.1, -0.05) is 0 Å². The number of hydrogen-bond acceptors (Lipinski definition) is 3. The summed E-state index contributed by atoms with van der Waals surface area (Å²) in [6.07, 6.45) is -2.70. The van der Waals surface area contributed by atoms with E-state index in [1.54, 1.807) is 4.57 Å². The molecule has 1 saturated heterocycles. The lowest BCUT2D eigenvalue weighted by molar-refractivity contribution is -0.141. The normalized spacial score (nSPS) is 19.5. The van der Waals surface area contributed by atoms with E-state index in [-0.39, 0.29) is 11.7 Å². The number of halogens is 3. The topological polar surface area (TPSA) is 51.3 Å². The van der Waals surface area contributed by atoms with Crippen molar-refractivity contribution in [3.63, 3.8) is 0 Å². The fourth-order valence-corrected chi connectivity index (χ4v) is 2.83. The van der Waals surface area contributed by atoms with E-state index in [1.807, 2.05) is 6.92 Å². The van der Waals surface area contributed by atoms with Gasteiger partial charge in [-0.25, -0.2) is 0 Å². The molecule has 0 aromatic carbocycles. The van der Waals surface area contributed by atoms with Crippen LogP contribution in [0.5, 0.6) is 0 Å². The zero-order valence-electron chi connectivity index (χ0n) is 11.4. The molecule has 5 nitrogen and oxygen atoms in total. The van der Waals surface area contributed by atoms with Gasteiger partial charge in [-0.15, -0.1) is 0 Å². The Balaban J connectivity index is 2.25. The molecular formula is C13H15F3N4O. The first-order valence-corrected chi connectivity index (χ1v) is 6.86. The number of aromatic nitrogens is 3. The van der Waals surface area contributed by atoms with Crippen molar-refractivity contribution in [2.45, 2.75) is 38.5 Å². The Labute approximate surface area is 118 Å². The highest BCUT2D eigenvalue weighted by Crippen LogP contribution is 2.29. The van der Waals surface area contributed by atoms with Gasteiger partial charge in [0, 0.05) is 30.4 Å². The lowest BCUT2D eigenvalue weighted by atomic mass is 10.1. The summed E-state index contributed by atoms with van der Waals surface area (Å²) in [4.78, 5) is 12.1. The first kappa shape index (κ1) is 14.1. The van der Waals surface area contributed by atoms with Gasteiger partial charge in [0.05, 0.1) is 0 Å². The molecule has 3 rings (SSSR count). The van der Waals surface area contributed by atoms with Crippen molar-refractivity contribution in [3.8, 4) is 0 Å². The molecule has 8 heteroatoms. The average molecular weight is 300 g/mol. The van der Waals surface area contributed by atoms with E-state index in [1.165, 1.54) is 6.07 Å². The molecule has 0 spiro atoms. The van der Waals surface area contributed by atoms with Crippen LogP contribution >= 0.6 is 0 Å². The highest BCUT2D eigenvalue weighted by Gasteiger charge is 2.35. The summed E-state index contributed by atoms with van der Waals surface area (Å²) in [5.41, 5.74) is -0.672. The van der Waals surface area contributed by atoms with Crippen molar-refractivity contribution < 1.29 is 13.2 Å². The smallest absolute Gasteiger partial charge is 0.328 e. The summed E-state index contributed by atoms with van der Waals surface area (Å²) < 4.78 is 40.9. The fraction of sp³-hybridized carbons (Fsp3) is 0.538. The van der Waals surface area contributed by atoms with Crippen molar-refractivity contribution in [1.82, 2.24) is 19.5 Å². The van der Waals surface area contributed by atoms with Gasteiger partial charge < -0.3 is 9.88 Å². The van der Waals surface area contributed by atoms with E-state index in [9.17, 15) is 18.0 Å². The molecule has 0 bridgehead atoms. The van der Waals surface area contributed by atoms with E-state index in [4.69, 9.17) is 0 Å². The molecule has 21 heavy (non-hydrogen) atoms. The Morgan fingerprint density at radius 1 is 1.43 bits per heavy atom. The maximum atomic E-state index is 12.8. The molecule has 2 aromatic heterocycles. The number of alkyl halides is 3. The molecule has 1 aliphatic heterocycles. The molecule has 1 fully saturated rings. The molecule has 0 saturated carbocycles. The number of nitrogens with zero attached hydrogens (tertiary/aromatic N) is 3. The quantitative estimate of drug-likeness (QED) is 0.922. The van der Waals surface area contributed by atoms with Crippen molar-refractivity contribution >= 4 is 5.65 Å². The minimum absolute atomic E-state index is 0.00638. The Morgan fingerprint density at radius 2 is 2.19 bits per heavy atom. The average Bonchev–Trinajstić information content (AvgIpc) is 3.07. The Bertz CT molecular complexity index is 725. The van der Waals surface area contributed by atoms with Crippen LogP contribution in [0.15, 0.2) is 16.9 Å². The Hall–Kier alpha value is -1.83. The largest absolute Gasteiger partial charge is 0.435 e. The fourth-order valence-electron chi connectivity index (χ4n) is 2.83. The molecule has 0 radical (unpaired) electrons. The summed E-state index contributed by atoms with van der Waals surface area (Å²) in [5.74, 6) is 0. The highest BCUT2D eigenvalue weighted by molar-refractivity contribution is 5.43. The van der Waals surface area contributed by atoms with Crippen LogP contribution in [0.3, 0.4) is 0 Å². The van der Waals surface area contributed by atoms with Gasteiger partial charge in [0.2, 0.25) is 0 Å². The van der Waals surface area contributed by atoms with Crippen molar-refractivity contribution in [3.05, 3.63) is 33.9 Å². The molecule has 1 atom stereocenters. The predicted octanol–water partition coefficient (Wildman–Crippen LogP) is 1.96. The molecular weight excluding hydrogens is 285 g/mol. The first-order chi connectivity index (χ1) is 9.91. The zero-order valence-corrected chi connectivity index (χ0v) is 11.4. The van der Waals surface area contributed by atoms with Gasteiger partial charge in [-0.2, -0.15) is 22.8 Å². The number of nitrogens with one attached hydrogen (secondary N) is 1. The van der Waals surface area contributed by atoms with Gasteiger partial charge in [-0.3, -0.25) is 4.79 Å². The number of aryl methyl sites for hydroxylation is 1. The highest BCUT2D eigenvalue weighted by atomic mass is 19.4. The van der Waals surface area contributed by atoms with Crippen LogP contribution in [-0.4, -0.2) is 20.7 Å². The van der Waals surface area contributed by atoms with E-state index in [0.717, 1.165) is 35.7 Å². The summed E-state index contributed by atoms with van der Waals surface area (Å²) in [7, 11) is 0. The summed E-state index contributed by atoms with van der Waals surface area (Å²) >= 11 is 0. The van der Waals surface area contributed by atoms with Gasteiger partial charge in [-0.05, 0) is 26.3 Å². The maximum Gasteiger partial charge on any atom is 0.435 e. The number of fused-ring (bicyclic) bond motifs is 1. The van der Waals surface area contributed by atoms with Crippen LogP contribution in [0.2, 0.25) is 0 Å². The molecule has 1 unspecified atom stereocenters. The van der Waals surface area contributed by atoms with Crippen LogP contribution in [0.1, 0.15) is 37.2 Å². The SMILES string of the molecule is CCn1c(C2CCCN2)cc(=O)n2nc(C(F)(F)F)cc12. The van der Waals surface area contributed by atoms with Gasteiger partial charge in [0.25, 0.3) is 5.56 Å². The first-order valence-electron chi connectivity index (χ1n) is 6.86. The third kappa shape index (κ3) is 2.33. The lowest BCUT2D eigenvalue weighted by Gasteiger charge is -2.18. The summed E-state index contributed by atoms with van der Waals surface area (Å²) in [6.45, 7) is 3.16. The molecule has 3 heterocycles. The van der Waals surface area contributed by atoms with Crippen LogP contribution in [0.25, 0.3) is 5.65 Å².